The lowest BCUT2D eigenvalue weighted by Gasteiger charge is -2.19. The van der Waals surface area contributed by atoms with Gasteiger partial charge in [0.2, 0.25) is 0 Å². The zero-order chi connectivity index (χ0) is 10.1. The topological polar surface area (TPSA) is 32.3 Å². The van der Waals surface area contributed by atoms with Gasteiger partial charge in [-0.1, -0.05) is 6.58 Å². The van der Waals surface area contributed by atoms with Gasteiger partial charge in [0.25, 0.3) is 0 Å². The Hall–Kier alpha value is -1.65. The molecule has 0 amide bonds. The molecule has 1 saturated heterocycles. The van der Waals surface area contributed by atoms with Crippen molar-refractivity contribution in [2.24, 2.45) is 0 Å². The highest BCUT2D eigenvalue weighted by molar-refractivity contribution is 5.45. The first-order valence-corrected chi connectivity index (χ1v) is 4.34. The monoisotopic (exact) mass is 194 g/mol. The van der Waals surface area contributed by atoms with E-state index in [1.165, 1.54) is 6.20 Å². The Morgan fingerprint density at radius 2 is 2.29 bits per heavy atom. The van der Waals surface area contributed by atoms with E-state index in [0.717, 1.165) is 18.9 Å². The first kappa shape index (κ1) is 8.93. The minimum absolute atomic E-state index is 0.562. The summed E-state index contributed by atoms with van der Waals surface area (Å²) >= 11 is 0. The molecule has 1 aliphatic heterocycles. The highest BCUT2D eigenvalue weighted by atomic mass is 19.1. The third-order valence-electron chi connectivity index (χ3n) is 2.30. The molecule has 4 nitrogen and oxygen atoms in total. The van der Waals surface area contributed by atoms with E-state index in [0.29, 0.717) is 5.82 Å². The Bertz CT molecular complexity index is 366. The van der Waals surface area contributed by atoms with Crippen LogP contribution in [0.5, 0.6) is 0 Å². The molecule has 0 bridgehead atoms. The maximum atomic E-state index is 12.8. The van der Waals surface area contributed by atoms with Crippen molar-refractivity contribution in [3.05, 3.63) is 30.7 Å². The van der Waals surface area contributed by atoms with E-state index in [9.17, 15) is 4.39 Å². The molecular formula is C9H11FN4. The van der Waals surface area contributed by atoms with Gasteiger partial charge in [0.15, 0.2) is 0 Å². The molecule has 2 rings (SSSR count). The fourth-order valence-electron chi connectivity index (χ4n) is 1.44. The highest BCUT2D eigenvalue weighted by Crippen LogP contribution is 2.21. The summed E-state index contributed by atoms with van der Waals surface area (Å²) < 4.78 is 12.8. The number of rotatable bonds is 1. The molecule has 0 atom stereocenters. The summed E-state index contributed by atoms with van der Waals surface area (Å²) in [6, 6.07) is 1.67. The van der Waals surface area contributed by atoms with Gasteiger partial charge in [-0.15, -0.1) is 0 Å². The largest absolute Gasteiger partial charge is 0.360 e. The molecule has 5 heteroatoms. The van der Waals surface area contributed by atoms with Crippen LogP contribution in [0, 0.1) is 6.08 Å². The molecule has 0 radical (unpaired) electrons. The molecule has 2 heterocycles. The highest BCUT2D eigenvalue weighted by Gasteiger charge is 2.22. The summed E-state index contributed by atoms with van der Waals surface area (Å²) in [7, 11) is 1.94. The average molecular weight is 194 g/mol. The zero-order valence-corrected chi connectivity index (χ0v) is 7.94. The van der Waals surface area contributed by atoms with Crippen LogP contribution in [0.3, 0.4) is 0 Å². The smallest absolute Gasteiger partial charge is 0.310 e. The first-order valence-electron chi connectivity index (χ1n) is 4.34. The van der Waals surface area contributed by atoms with Crippen LogP contribution in [-0.2, 0) is 0 Å². The lowest BCUT2D eigenvalue weighted by atomic mass is 10.5. The average Bonchev–Trinajstić information content (AvgIpc) is 2.48. The van der Waals surface area contributed by atoms with Crippen molar-refractivity contribution in [3.63, 3.8) is 0 Å². The molecule has 0 N–H and O–H groups in total. The van der Waals surface area contributed by atoms with Crippen molar-refractivity contribution in [1.29, 1.82) is 0 Å². The van der Waals surface area contributed by atoms with Gasteiger partial charge in [0, 0.05) is 26.3 Å². The van der Waals surface area contributed by atoms with E-state index in [1.807, 2.05) is 16.8 Å². The summed E-state index contributed by atoms with van der Waals surface area (Å²) in [4.78, 5) is 11.0. The Morgan fingerprint density at radius 1 is 1.50 bits per heavy atom. The summed E-state index contributed by atoms with van der Waals surface area (Å²) in [5.41, 5.74) is 0. The van der Waals surface area contributed by atoms with E-state index in [4.69, 9.17) is 0 Å². The van der Waals surface area contributed by atoms with Gasteiger partial charge < -0.3 is 9.80 Å². The van der Waals surface area contributed by atoms with E-state index < -0.39 is 6.08 Å². The van der Waals surface area contributed by atoms with Crippen molar-refractivity contribution < 1.29 is 4.39 Å². The number of halogens is 1. The molecule has 0 spiro atoms. The van der Waals surface area contributed by atoms with Crippen LogP contribution in [0.15, 0.2) is 24.7 Å². The number of hydrogen-bond acceptors (Lipinski definition) is 4. The predicted molar refractivity (Wildman–Crippen MR) is 51.1 cm³/mol. The standard InChI is InChI=1S/C9H11FN4/c1-7-13(2)5-6-14(7)8-3-4-11-9(10)12-8/h3-4H,1,5-6H2,2H3. The maximum Gasteiger partial charge on any atom is 0.310 e. The molecule has 74 valence electrons. The second-order valence-electron chi connectivity index (χ2n) is 3.17. The van der Waals surface area contributed by atoms with Crippen LogP contribution in [0.4, 0.5) is 10.2 Å². The van der Waals surface area contributed by atoms with Gasteiger partial charge in [-0.25, -0.2) is 4.98 Å². The molecule has 0 unspecified atom stereocenters. The van der Waals surface area contributed by atoms with Gasteiger partial charge in [0.05, 0.1) is 0 Å². The van der Waals surface area contributed by atoms with Crippen LogP contribution >= 0.6 is 0 Å². The van der Waals surface area contributed by atoms with Crippen molar-refractivity contribution in [2.75, 3.05) is 25.0 Å². The second kappa shape index (κ2) is 3.25. The maximum absolute atomic E-state index is 12.8. The van der Waals surface area contributed by atoms with Gasteiger partial charge in [-0.05, 0) is 6.07 Å². The molecule has 0 aromatic carbocycles. The lowest BCUT2D eigenvalue weighted by Crippen LogP contribution is -2.20. The molecule has 1 aromatic heterocycles. The second-order valence-corrected chi connectivity index (χ2v) is 3.17. The Kier molecular flexibility index (Phi) is 2.07. The summed E-state index contributed by atoms with van der Waals surface area (Å²) in [5, 5.41) is 0. The lowest BCUT2D eigenvalue weighted by molar-refractivity contribution is 0.489. The van der Waals surface area contributed by atoms with Gasteiger partial charge in [0.1, 0.15) is 11.6 Å². The fraction of sp³-hybridized carbons (Fsp3) is 0.333. The third kappa shape index (κ3) is 1.41. The van der Waals surface area contributed by atoms with Crippen molar-refractivity contribution in [1.82, 2.24) is 14.9 Å². The van der Waals surface area contributed by atoms with E-state index >= 15 is 0 Å². The minimum atomic E-state index is -0.704. The summed E-state index contributed by atoms with van der Waals surface area (Å²) in [6.45, 7) is 5.55. The van der Waals surface area contributed by atoms with Gasteiger partial charge in [-0.2, -0.15) is 9.37 Å². The predicted octanol–water partition coefficient (Wildman–Crippen LogP) is 0.839. The molecule has 0 saturated carbocycles. The molecular weight excluding hydrogens is 183 g/mol. The van der Waals surface area contributed by atoms with Crippen LogP contribution in [-0.4, -0.2) is 35.0 Å². The molecule has 14 heavy (non-hydrogen) atoms. The van der Waals surface area contributed by atoms with Crippen LogP contribution in [0.25, 0.3) is 0 Å². The molecule has 1 aromatic rings. The number of aromatic nitrogens is 2. The van der Waals surface area contributed by atoms with Crippen molar-refractivity contribution in [3.8, 4) is 0 Å². The number of nitrogens with zero attached hydrogens (tertiary/aromatic N) is 4. The summed E-state index contributed by atoms with van der Waals surface area (Å²) in [6.07, 6.45) is 0.702. The quantitative estimate of drug-likeness (QED) is 0.620. The third-order valence-corrected chi connectivity index (χ3v) is 2.30. The zero-order valence-electron chi connectivity index (χ0n) is 7.94. The SMILES string of the molecule is C=C1N(C)CCN1c1ccnc(F)n1. The number of anilines is 1. The minimum Gasteiger partial charge on any atom is -0.360 e. The summed E-state index contributed by atoms with van der Waals surface area (Å²) in [5.74, 6) is 1.40. The Morgan fingerprint density at radius 3 is 2.86 bits per heavy atom. The van der Waals surface area contributed by atoms with Crippen LogP contribution in [0.2, 0.25) is 0 Å². The Balaban J connectivity index is 2.28. The van der Waals surface area contributed by atoms with Gasteiger partial charge in [-0.3, -0.25) is 0 Å². The van der Waals surface area contributed by atoms with Gasteiger partial charge >= 0.3 is 6.08 Å². The molecule has 1 aliphatic rings. The van der Waals surface area contributed by atoms with Crippen LogP contribution in [0.1, 0.15) is 0 Å². The van der Waals surface area contributed by atoms with Crippen LogP contribution < -0.4 is 4.90 Å². The fourth-order valence-corrected chi connectivity index (χ4v) is 1.44. The number of hydrogen-bond donors (Lipinski definition) is 0. The van der Waals surface area contributed by atoms with Crippen molar-refractivity contribution >= 4 is 5.82 Å². The first-order chi connectivity index (χ1) is 6.68. The van der Waals surface area contributed by atoms with E-state index in [-0.39, 0.29) is 0 Å². The normalized spacial score (nSPS) is 16.6. The van der Waals surface area contributed by atoms with E-state index in [1.54, 1.807) is 6.07 Å². The number of likely N-dealkylation sites (N-methyl/N-ethyl adjacent to an activating group) is 1. The Labute approximate surface area is 81.7 Å². The van der Waals surface area contributed by atoms with Crippen molar-refractivity contribution in [2.45, 2.75) is 0 Å². The molecule has 0 aliphatic carbocycles. The molecule has 1 fully saturated rings. The van der Waals surface area contributed by atoms with E-state index in [2.05, 4.69) is 16.5 Å².